The van der Waals surface area contributed by atoms with Crippen LogP contribution in [0.1, 0.15) is 22.6 Å². The zero-order valence-corrected chi connectivity index (χ0v) is 15.9. The molecular weight excluding hydrogens is 422 g/mol. The molecule has 1 unspecified atom stereocenters. The van der Waals surface area contributed by atoms with Crippen LogP contribution in [0.4, 0.5) is 0 Å². The number of thiophene rings is 1. The zero-order chi connectivity index (χ0) is 13.4. The summed E-state index contributed by atoms with van der Waals surface area (Å²) < 4.78 is 2.56. The van der Waals surface area contributed by atoms with Gasteiger partial charge in [-0.05, 0) is 62.0 Å². The van der Waals surface area contributed by atoms with Crippen molar-refractivity contribution < 1.29 is 0 Å². The summed E-state index contributed by atoms with van der Waals surface area (Å²) >= 11 is 9.30. The third-order valence-electron chi connectivity index (χ3n) is 3.74. The molecule has 0 spiro atoms. The van der Waals surface area contributed by atoms with Crippen LogP contribution in [0.5, 0.6) is 0 Å². The minimum atomic E-state index is 0. The molecule has 2 aromatic rings. The van der Waals surface area contributed by atoms with E-state index in [0.29, 0.717) is 5.92 Å². The van der Waals surface area contributed by atoms with Crippen molar-refractivity contribution in [2.24, 2.45) is 0 Å². The lowest BCUT2D eigenvalue weighted by Crippen LogP contribution is -2.24. The molecule has 108 valence electrons. The van der Waals surface area contributed by atoms with Gasteiger partial charge in [0.25, 0.3) is 0 Å². The van der Waals surface area contributed by atoms with Gasteiger partial charge >= 0.3 is 0 Å². The monoisotopic (exact) mass is 435 g/mol. The third kappa shape index (κ3) is 3.14. The SMILES string of the molecule is CN1CCc2c(Br)sc(Br)c2C(c2ccccc2)C1.Cl. The molecule has 5 heteroatoms. The average molecular weight is 438 g/mol. The highest BCUT2D eigenvalue weighted by Crippen LogP contribution is 2.44. The second-order valence-corrected chi connectivity index (χ2v) is 8.67. The van der Waals surface area contributed by atoms with Crippen LogP contribution in [0, 0.1) is 0 Å². The van der Waals surface area contributed by atoms with Gasteiger partial charge in [0.05, 0.1) is 7.57 Å². The van der Waals surface area contributed by atoms with Crippen molar-refractivity contribution in [3.63, 3.8) is 0 Å². The van der Waals surface area contributed by atoms with Crippen LogP contribution in [-0.2, 0) is 6.42 Å². The molecule has 1 nitrogen and oxygen atoms in total. The first-order valence-corrected chi connectivity index (χ1v) is 8.77. The summed E-state index contributed by atoms with van der Waals surface area (Å²) in [4.78, 5) is 2.43. The Morgan fingerprint density at radius 2 is 1.85 bits per heavy atom. The molecule has 1 aliphatic heterocycles. The average Bonchev–Trinajstić information content (AvgIpc) is 2.59. The minimum Gasteiger partial charge on any atom is -0.305 e. The van der Waals surface area contributed by atoms with E-state index >= 15 is 0 Å². The standard InChI is InChI=1S/C15H15Br2NS.ClH/c1-18-8-7-11-13(15(17)19-14(11)16)12(9-18)10-5-3-2-4-6-10;/h2-6,12H,7-9H2,1H3;1H. The maximum Gasteiger partial charge on any atom is 0.0752 e. The lowest BCUT2D eigenvalue weighted by atomic mass is 9.91. The number of likely N-dealkylation sites (N-methyl/N-ethyl adjacent to an activating group) is 1. The summed E-state index contributed by atoms with van der Waals surface area (Å²) in [6.45, 7) is 2.21. The highest BCUT2D eigenvalue weighted by atomic mass is 79.9. The normalized spacial score (nSPS) is 19.1. The molecule has 1 aromatic heterocycles. The predicted molar refractivity (Wildman–Crippen MR) is 96.5 cm³/mol. The molecule has 0 amide bonds. The van der Waals surface area contributed by atoms with Crippen molar-refractivity contribution in [3.05, 3.63) is 54.6 Å². The van der Waals surface area contributed by atoms with E-state index in [4.69, 9.17) is 0 Å². The van der Waals surface area contributed by atoms with E-state index in [9.17, 15) is 0 Å². The minimum absolute atomic E-state index is 0. The van der Waals surface area contributed by atoms with Crippen LogP contribution in [0.25, 0.3) is 0 Å². The van der Waals surface area contributed by atoms with Gasteiger partial charge in [-0.1, -0.05) is 30.3 Å². The lowest BCUT2D eigenvalue weighted by molar-refractivity contribution is 0.338. The van der Waals surface area contributed by atoms with Gasteiger partial charge < -0.3 is 4.90 Å². The van der Waals surface area contributed by atoms with Crippen molar-refractivity contribution >= 4 is 55.6 Å². The Balaban J connectivity index is 0.00000147. The molecule has 0 bridgehead atoms. The molecule has 0 aliphatic carbocycles. The zero-order valence-electron chi connectivity index (χ0n) is 11.1. The molecule has 1 aliphatic rings. The summed E-state index contributed by atoms with van der Waals surface area (Å²) in [6, 6.07) is 10.8. The molecule has 20 heavy (non-hydrogen) atoms. The van der Waals surface area contributed by atoms with Gasteiger partial charge in [-0.15, -0.1) is 23.7 Å². The van der Waals surface area contributed by atoms with Crippen LogP contribution < -0.4 is 0 Å². The first-order valence-electron chi connectivity index (χ1n) is 6.37. The van der Waals surface area contributed by atoms with E-state index in [1.54, 1.807) is 0 Å². The van der Waals surface area contributed by atoms with Crippen molar-refractivity contribution in [3.8, 4) is 0 Å². The summed E-state index contributed by atoms with van der Waals surface area (Å²) in [5, 5.41) is 0. The Hall–Kier alpha value is 0.130. The van der Waals surface area contributed by atoms with E-state index in [1.165, 1.54) is 24.3 Å². The molecule has 3 rings (SSSR count). The second kappa shape index (κ2) is 6.93. The Kier molecular flexibility index (Phi) is 5.71. The Labute approximate surface area is 147 Å². The van der Waals surface area contributed by atoms with Crippen LogP contribution in [0.2, 0.25) is 0 Å². The highest BCUT2D eigenvalue weighted by Gasteiger charge is 2.28. The third-order valence-corrected chi connectivity index (χ3v) is 6.44. The Bertz CT molecular complexity index is 585. The summed E-state index contributed by atoms with van der Waals surface area (Å²) in [5.41, 5.74) is 4.37. The molecule has 0 N–H and O–H groups in total. The van der Waals surface area contributed by atoms with Crippen molar-refractivity contribution in [1.29, 1.82) is 0 Å². The first-order chi connectivity index (χ1) is 9.16. The Morgan fingerprint density at radius 3 is 2.55 bits per heavy atom. The van der Waals surface area contributed by atoms with Crippen LogP contribution >= 0.6 is 55.6 Å². The number of hydrogen-bond acceptors (Lipinski definition) is 2. The van der Waals surface area contributed by atoms with E-state index in [1.807, 2.05) is 11.3 Å². The molecule has 0 radical (unpaired) electrons. The molecule has 0 saturated heterocycles. The van der Waals surface area contributed by atoms with E-state index in [-0.39, 0.29) is 12.4 Å². The predicted octanol–water partition coefficient (Wildman–Crippen LogP) is 5.31. The van der Waals surface area contributed by atoms with Crippen LogP contribution in [-0.4, -0.2) is 25.0 Å². The fourth-order valence-corrected chi connectivity index (χ4v) is 6.17. The van der Waals surface area contributed by atoms with Gasteiger partial charge in [0.15, 0.2) is 0 Å². The van der Waals surface area contributed by atoms with Crippen molar-refractivity contribution in [2.75, 3.05) is 20.1 Å². The number of hydrogen-bond donors (Lipinski definition) is 0. The fourth-order valence-electron chi connectivity index (χ4n) is 2.75. The number of rotatable bonds is 1. The van der Waals surface area contributed by atoms with E-state index < -0.39 is 0 Å². The lowest BCUT2D eigenvalue weighted by Gasteiger charge is -2.21. The highest BCUT2D eigenvalue weighted by molar-refractivity contribution is 9.12. The van der Waals surface area contributed by atoms with Gasteiger partial charge in [0.2, 0.25) is 0 Å². The molecular formula is C15H16Br2ClNS. The van der Waals surface area contributed by atoms with Gasteiger partial charge in [0.1, 0.15) is 0 Å². The van der Waals surface area contributed by atoms with Crippen LogP contribution in [0.3, 0.4) is 0 Å². The van der Waals surface area contributed by atoms with Gasteiger partial charge in [-0.25, -0.2) is 0 Å². The van der Waals surface area contributed by atoms with Crippen LogP contribution in [0.15, 0.2) is 37.9 Å². The maximum atomic E-state index is 3.77. The fraction of sp³-hybridized carbons (Fsp3) is 0.333. The quantitative estimate of drug-likeness (QED) is 0.584. The molecule has 1 atom stereocenters. The number of nitrogens with zero attached hydrogens (tertiary/aromatic N) is 1. The largest absolute Gasteiger partial charge is 0.305 e. The van der Waals surface area contributed by atoms with Gasteiger partial charge in [0, 0.05) is 19.0 Å². The number of benzene rings is 1. The smallest absolute Gasteiger partial charge is 0.0752 e. The Morgan fingerprint density at radius 1 is 1.15 bits per heavy atom. The van der Waals surface area contributed by atoms with Gasteiger partial charge in [-0.3, -0.25) is 0 Å². The van der Waals surface area contributed by atoms with E-state index in [0.717, 1.165) is 19.5 Å². The molecule has 1 aromatic carbocycles. The van der Waals surface area contributed by atoms with Crippen molar-refractivity contribution in [1.82, 2.24) is 4.90 Å². The number of fused-ring (bicyclic) bond motifs is 1. The van der Waals surface area contributed by atoms with Gasteiger partial charge in [-0.2, -0.15) is 0 Å². The first kappa shape index (κ1) is 16.5. The molecule has 0 fully saturated rings. The second-order valence-electron chi connectivity index (χ2n) is 5.02. The summed E-state index contributed by atoms with van der Waals surface area (Å²) in [7, 11) is 2.22. The number of halogens is 3. The van der Waals surface area contributed by atoms with E-state index in [2.05, 4.69) is 74.1 Å². The molecule has 2 heterocycles. The summed E-state index contributed by atoms with van der Waals surface area (Å²) in [5.74, 6) is 0.459. The maximum absolute atomic E-state index is 3.77. The molecule has 0 saturated carbocycles. The topological polar surface area (TPSA) is 3.24 Å². The van der Waals surface area contributed by atoms with Crippen molar-refractivity contribution in [2.45, 2.75) is 12.3 Å². The summed E-state index contributed by atoms with van der Waals surface area (Å²) in [6.07, 6.45) is 1.12.